The van der Waals surface area contributed by atoms with Gasteiger partial charge in [0.1, 0.15) is 11.6 Å². The summed E-state index contributed by atoms with van der Waals surface area (Å²) in [5.74, 6) is 2.16. The van der Waals surface area contributed by atoms with Crippen molar-refractivity contribution in [1.29, 1.82) is 0 Å². The second-order valence-corrected chi connectivity index (χ2v) is 16.9. The van der Waals surface area contributed by atoms with Crippen molar-refractivity contribution in [3.63, 3.8) is 0 Å². The Morgan fingerprint density at radius 1 is 1.00 bits per heavy atom. The van der Waals surface area contributed by atoms with Crippen LogP contribution < -0.4 is 11.5 Å². The highest BCUT2D eigenvalue weighted by molar-refractivity contribution is 6.06. The zero-order valence-corrected chi connectivity index (χ0v) is 40.1. The van der Waals surface area contributed by atoms with E-state index in [0.717, 1.165) is 85.6 Å². The van der Waals surface area contributed by atoms with Crippen molar-refractivity contribution >= 4 is 21.8 Å². The van der Waals surface area contributed by atoms with E-state index in [0.29, 0.717) is 12.1 Å². The molecule has 0 saturated carbocycles. The fraction of sp³-hybridized carbons (Fsp3) is 0.444. The maximum atomic E-state index is 5.22. The molecule has 0 bridgehead atoms. The summed E-state index contributed by atoms with van der Waals surface area (Å²) >= 11 is 0. The van der Waals surface area contributed by atoms with Crippen molar-refractivity contribution in [2.24, 2.45) is 11.5 Å². The van der Waals surface area contributed by atoms with Crippen molar-refractivity contribution in [3.05, 3.63) is 121 Å². The lowest BCUT2D eigenvalue weighted by atomic mass is 9.83. The lowest BCUT2D eigenvalue weighted by Crippen LogP contribution is -2.36. The monoisotopic (exact) mass is 855 g/mol. The minimum atomic E-state index is -0.0232. The Hall–Kier alpha value is -5.56. The third-order valence-corrected chi connectivity index (χ3v) is 12.3. The smallest absolute Gasteiger partial charge is 0.129 e. The molecule has 2 unspecified atom stereocenters. The SMILES string of the molecule is C#C.C=C(CC)N1C(c2ncc(-c3ccc4c(c3)CCc3cc5c(ccc6[nH]c([C@]7(C)CCCN7C)nc65)cc3-4)[nH]2)CC[C@@H]1C.C=C(N)CC.C=CCC(C)OC.C=CN.CCC. The predicted molar refractivity (Wildman–Crippen MR) is 271 cm³/mol. The number of aromatic amines is 2. The molecule has 63 heavy (non-hydrogen) atoms. The highest BCUT2D eigenvalue weighted by atomic mass is 16.5. The number of benzene rings is 3. The third-order valence-electron chi connectivity index (χ3n) is 12.3. The van der Waals surface area contributed by atoms with Gasteiger partial charge in [-0.3, -0.25) is 4.90 Å². The Balaban J connectivity index is 0.000000448. The first-order valence-electron chi connectivity index (χ1n) is 22.8. The normalized spacial score (nSPS) is 18.8. The summed E-state index contributed by atoms with van der Waals surface area (Å²) in [6, 6.07) is 17.0. The maximum absolute atomic E-state index is 5.22. The molecule has 3 aromatic carbocycles. The third kappa shape index (κ3) is 12.6. The molecule has 2 saturated heterocycles. The van der Waals surface area contributed by atoms with E-state index in [9.17, 15) is 0 Å². The van der Waals surface area contributed by atoms with Gasteiger partial charge < -0.3 is 31.1 Å². The van der Waals surface area contributed by atoms with Gasteiger partial charge >= 0.3 is 0 Å². The topological polar surface area (TPSA) is 125 Å². The molecule has 8 rings (SSSR count). The molecule has 6 N–H and O–H groups in total. The molecule has 4 heterocycles. The van der Waals surface area contributed by atoms with Crippen LogP contribution in [0.5, 0.6) is 0 Å². The van der Waals surface area contributed by atoms with Crippen molar-refractivity contribution in [2.45, 2.75) is 136 Å². The summed E-state index contributed by atoms with van der Waals surface area (Å²) in [5.41, 5.74) is 21.7. The van der Waals surface area contributed by atoms with Crippen molar-refractivity contribution in [3.8, 4) is 35.2 Å². The molecular formula is C54H78N8O. The van der Waals surface area contributed by atoms with Crippen LogP contribution in [0.25, 0.3) is 44.2 Å². The number of allylic oxidation sites excluding steroid dienone is 2. The largest absolute Gasteiger partial charge is 0.405 e. The molecule has 9 nitrogen and oxygen atoms in total. The lowest BCUT2D eigenvalue weighted by Gasteiger charge is -2.31. The molecule has 1 aliphatic carbocycles. The molecule has 5 aromatic rings. The van der Waals surface area contributed by atoms with Crippen LogP contribution in [0.3, 0.4) is 0 Å². The minimum Gasteiger partial charge on any atom is -0.405 e. The second-order valence-electron chi connectivity index (χ2n) is 16.9. The number of ether oxygens (including phenoxy) is 1. The van der Waals surface area contributed by atoms with Crippen LogP contribution in [-0.4, -0.2) is 62.6 Å². The molecular weight excluding hydrogens is 777 g/mol. The van der Waals surface area contributed by atoms with Crippen molar-refractivity contribution in [2.75, 3.05) is 20.7 Å². The number of H-pyrrole nitrogens is 2. The fourth-order valence-corrected chi connectivity index (χ4v) is 8.45. The number of hydrogen-bond acceptors (Lipinski definition) is 7. The number of terminal acetylenes is 1. The molecule has 2 aromatic heterocycles. The van der Waals surface area contributed by atoms with Gasteiger partial charge in [-0.25, -0.2) is 9.97 Å². The molecule has 340 valence electrons. The number of aromatic nitrogens is 4. The standard InChI is InChI=1S/C37H42N6.C6H12O.C4H9N.C3H8.C2H5N.C2H2/c1-6-22(2)43-23(3)8-15-33(43)35-38-21-32(39-35)27-11-13-28-24(18-27)9-10-25-20-30-26(19-29(25)28)12-14-31-34(30)41-36(40-31)37(4)16-7-17-42(37)5;1-4-5-6(2)7-3;1-3-4(2)5;1-3-2;1-2-3;1-2/h11-14,18-21,23,33H,2,6-10,15-17H2,1,3-5H3,(H,38,39)(H,40,41);4,6H,1,5H2,2-3H3;2-3,5H2,1H3;3H2,1-2H3;2H,1,3H2;1-2H/t23-,33?,37-;;;;;/m0...../s1. The molecule has 9 heteroatoms. The number of likely N-dealkylation sites (tertiary alicyclic amines) is 2. The van der Waals surface area contributed by atoms with Crippen LogP contribution in [0, 0.1) is 12.8 Å². The highest BCUT2D eigenvalue weighted by Gasteiger charge is 2.38. The summed E-state index contributed by atoms with van der Waals surface area (Å²) < 4.78 is 4.92. The lowest BCUT2D eigenvalue weighted by molar-refractivity contribution is 0.121. The van der Waals surface area contributed by atoms with Gasteiger partial charge in [0.2, 0.25) is 0 Å². The van der Waals surface area contributed by atoms with Crippen LogP contribution in [0.15, 0.2) is 98.6 Å². The molecule has 3 aliphatic rings. The summed E-state index contributed by atoms with van der Waals surface area (Å²) in [4.78, 5) is 22.4. The van der Waals surface area contributed by atoms with E-state index in [1.807, 2.05) is 26.1 Å². The van der Waals surface area contributed by atoms with Crippen LogP contribution in [0.1, 0.15) is 129 Å². The van der Waals surface area contributed by atoms with Gasteiger partial charge in [-0.2, -0.15) is 0 Å². The van der Waals surface area contributed by atoms with Crippen LogP contribution in [0.2, 0.25) is 0 Å². The number of nitrogens with one attached hydrogen (secondary N) is 2. The Kier molecular flexibility index (Phi) is 20.5. The first-order valence-corrected chi connectivity index (χ1v) is 22.8. The fourth-order valence-electron chi connectivity index (χ4n) is 8.45. The quantitative estimate of drug-likeness (QED) is 0.0859. The minimum absolute atomic E-state index is 0.0232. The average molecular weight is 855 g/mol. The van der Waals surface area contributed by atoms with E-state index in [2.05, 4.69) is 149 Å². The maximum Gasteiger partial charge on any atom is 0.129 e. The Morgan fingerprint density at radius 3 is 2.21 bits per heavy atom. The van der Waals surface area contributed by atoms with Crippen LogP contribution >= 0.6 is 0 Å². The van der Waals surface area contributed by atoms with Gasteiger partial charge in [0.05, 0.1) is 40.6 Å². The van der Waals surface area contributed by atoms with Gasteiger partial charge in [0.15, 0.2) is 0 Å². The number of fused-ring (bicyclic) bond motifs is 6. The van der Waals surface area contributed by atoms with E-state index >= 15 is 0 Å². The Labute approximate surface area is 380 Å². The summed E-state index contributed by atoms with van der Waals surface area (Å²) in [6.45, 7) is 30.7. The molecule has 4 atom stereocenters. The van der Waals surface area contributed by atoms with Gasteiger partial charge in [0, 0.05) is 29.9 Å². The zero-order chi connectivity index (χ0) is 46.9. The number of nitrogens with two attached hydrogens (primary N) is 2. The molecule has 0 amide bonds. The number of hydrogen-bond donors (Lipinski definition) is 4. The van der Waals surface area contributed by atoms with Gasteiger partial charge in [-0.15, -0.1) is 19.4 Å². The predicted octanol–water partition coefficient (Wildman–Crippen LogP) is 12.5. The average Bonchev–Trinajstić information content (AvgIpc) is 4.11. The van der Waals surface area contributed by atoms with E-state index in [1.54, 1.807) is 7.11 Å². The van der Waals surface area contributed by atoms with E-state index < -0.39 is 0 Å². The number of imidazole rings is 2. The first-order chi connectivity index (χ1) is 30.2. The van der Waals surface area contributed by atoms with Crippen LogP contribution in [-0.2, 0) is 23.1 Å². The van der Waals surface area contributed by atoms with Crippen molar-refractivity contribution in [1.82, 2.24) is 29.7 Å². The van der Waals surface area contributed by atoms with E-state index in [1.165, 1.54) is 69.7 Å². The van der Waals surface area contributed by atoms with Crippen LogP contribution in [0.4, 0.5) is 0 Å². The number of aryl methyl sites for hydroxylation is 2. The highest BCUT2D eigenvalue weighted by Crippen LogP contribution is 2.42. The number of methoxy groups -OCH3 is 1. The number of rotatable bonds is 9. The van der Waals surface area contributed by atoms with Crippen molar-refractivity contribution < 1.29 is 4.74 Å². The molecule has 2 aliphatic heterocycles. The second kappa shape index (κ2) is 24.9. The zero-order valence-electron chi connectivity index (χ0n) is 40.1. The summed E-state index contributed by atoms with van der Waals surface area (Å²) in [7, 11) is 3.92. The molecule has 2 fully saturated rings. The van der Waals surface area contributed by atoms with E-state index in [-0.39, 0.29) is 11.6 Å². The first kappa shape index (κ1) is 51.8. The molecule has 0 spiro atoms. The van der Waals surface area contributed by atoms with Gasteiger partial charge in [0.25, 0.3) is 0 Å². The number of nitrogens with zero attached hydrogens (tertiary/aromatic N) is 4. The summed E-state index contributed by atoms with van der Waals surface area (Å²) in [6.07, 6.45) is 24.2. The Morgan fingerprint density at radius 2 is 1.65 bits per heavy atom. The van der Waals surface area contributed by atoms with E-state index in [4.69, 9.17) is 20.4 Å². The molecule has 0 radical (unpaired) electrons. The Bertz CT molecular complexity index is 2280. The summed E-state index contributed by atoms with van der Waals surface area (Å²) in [5, 5.41) is 2.52. The van der Waals surface area contributed by atoms with Gasteiger partial charge in [-0.05, 0) is 156 Å². The van der Waals surface area contributed by atoms with Gasteiger partial charge in [-0.1, -0.05) is 78.1 Å².